The van der Waals surface area contributed by atoms with Gasteiger partial charge < -0.3 is 4.42 Å². The van der Waals surface area contributed by atoms with E-state index in [0.717, 1.165) is 11.1 Å². The summed E-state index contributed by atoms with van der Waals surface area (Å²) < 4.78 is 19.1. The van der Waals surface area contributed by atoms with Crippen LogP contribution >= 0.6 is 0 Å². The Morgan fingerprint density at radius 3 is 2.74 bits per heavy atom. The summed E-state index contributed by atoms with van der Waals surface area (Å²) in [6, 6.07) is 8.36. The van der Waals surface area contributed by atoms with Crippen LogP contribution in [0.4, 0.5) is 4.39 Å². The Hall–Kier alpha value is -2.49. The zero-order valence-corrected chi connectivity index (χ0v) is 10.3. The second-order valence-corrected chi connectivity index (χ2v) is 4.21. The fourth-order valence-electron chi connectivity index (χ4n) is 1.88. The number of nitrogens with zero attached hydrogens (tertiary/aromatic N) is 2. The van der Waals surface area contributed by atoms with Crippen LogP contribution in [0.2, 0.25) is 0 Å². The van der Waals surface area contributed by atoms with Gasteiger partial charge in [0, 0.05) is 18.0 Å². The summed E-state index contributed by atoms with van der Waals surface area (Å²) in [7, 11) is 0. The highest BCUT2D eigenvalue weighted by Crippen LogP contribution is 2.27. The predicted molar refractivity (Wildman–Crippen MR) is 69.9 cm³/mol. The fourth-order valence-corrected chi connectivity index (χ4v) is 1.88. The minimum atomic E-state index is -0.315. The number of oxazole rings is 1. The zero-order chi connectivity index (χ0) is 13.2. The highest BCUT2D eigenvalue weighted by Gasteiger charge is 2.12. The van der Waals surface area contributed by atoms with E-state index in [1.165, 1.54) is 12.3 Å². The lowest BCUT2D eigenvalue weighted by Crippen LogP contribution is -1.86. The molecule has 3 rings (SSSR count). The molecule has 0 N–H and O–H groups in total. The first-order valence-electron chi connectivity index (χ1n) is 5.87. The molecule has 1 aromatic carbocycles. The second-order valence-electron chi connectivity index (χ2n) is 4.21. The van der Waals surface area contributed by atoms with Crippen LogP contribution in [-0.4, -0.2) is 9.97 Å². The van der Waals surface area contributed by atoms with Crippen molar-refractivity contribution in [3.05, 3.63) is 60.4 Å². The van der Waals surface area contributed by atoms with Crippen molar-refractivity contribution in [3.8, 4) is 22.7 Å². The molecule has 0 spiro atoms. The number of halogens is 1. The lowest BCUT2D eigenvalue weighted by molar-refractivity contribution is 0.574. The van der Waals surface area contributed by atoms with E-state index in [9.17, 15) is 4.39 Å². The topological polar surface area (TPSA) is 38.9 Å². The molecule has 0 saturated heterocycles. The molecular formula is C15H11FN2O. The highest BCUT2D eigenvalue weighted by molar-refractivity contribution is 5.64. The average molecular weight is 254 g/mol. The lowest BCUT2D eigenvalue weighted by Gasteiger charge is -1.99. The summed E-state index contributed by atoms with van der Waals surface area (Å²) >= 11 is 0. The Labute approximate surface area is 109 Å². The Balaban J connectivity index is 2.06. The van der Waals surface area contributed by atoms with Crippen LogP contribution in [-0.2, 0) is 0 Å². The van der Waals surface area contributed by atoms with Gasteiger partial charge in [-0.1, -0.05) is 12.1 Å². The standard InChI is InChI=1S/C15H11FN2O/c1-10-6-7-17-8-12(10)15-18-14(9-19-15)11-4-2-3-5-13(11)16/h2-9H,1H3. The number of pyridine rings is 1. The molecule has 19 heavy (non-hydrogen) atoms. The first-order valence-corrected chi connectivity index (χ1v) is 5.87. The second kappa shape index (κ2) is 4.65. The quantitative estimate of drug-likeness (QED) is 0.697. The third kappa shape index (κ3) is 2.12. The molecule has 0 radical (unpaired) electrons. The number of aromatic nitrogens is 2. The maximum Gasteiger partial charge on any atom is 0.228 e. The van der Waals surface area contributed by atoms with Crippen LogP contribution in [0.3, 0.4) is 0 Å². The van der Waals surface area contributed by atoms with Gasteiger partial charge in [-0.15, -0.1) is 0 Å². The Morgan fingerprint density at radius 2 is 1.95 bits per heavy atom. The molecule has 3 aromatic rings. The van der Waals surface area contributed by atoms with Crippen LogP contribution in [0.5, 0.6) is 0 Å². The summed E-state index contributed by atoms with van der Waals surface area (Å²) in [5.41, 5.74) is 2.73. The molecule has 0 aliphatic rings. The van der Waals surface area contributed by atoms with E-state index in [4.69, 9.17) is 4.42 Å². The molecule has 0 unspecified atom stereocenters. The van der Waals surface area contributed by atoms with Gasteiger partial charge in [-0.05, 0) is 30.7 Å². The van der Waals surface area contributed by atoms with Gasteiger partial charge in [-0.3, -0.25) is 4.98 Å². The smallest absolute Gasteiger partial charge is 0.228 e. The van der Waals surface area contributed by atoms with Crippen molar-refractivity contribution >= 4 is 0 Å². The third-order valence-electron chi connectivity index (χ3n) is 2.92. The number of benzene rings is 1. The molecule has 3 nitrogen and oxygen atoms in total. The molecule has 0 fully saturated rings. The normalized spacial score (nSPS) is 10.6. The molecule has 0 aliphatic carbocycles. The van der Waals surface area contributed by atoms with Crippen molar-refractivity contribution in [2.24, 2.45) is 0 Å². The maximum absolute atomic E-state index is 13.7. The van der Waals surface area contributed by atoms with E-state index in [1.807, 2.05) is 13.0 Å². The van der Waals surface area contributed by atoms with Crippen molar-refractivity contribution in [2.45, 2.75) is 6.92 Å². The molecule has 0 saturated carbocycles. The molecule has 4 heteroatoms. The molecule has 94 valence electrons. The van der Waals surface area contributed by atoms with Crippen molar-refractivity contribution in [1.29, 1.82) is 0 Å². The summed E-state index contributed by atoms with van der Waals surface area (Å²) in [6.45, 7) is 1.95. The largest absolute Gasteiger partial charge is 0.444 e. The van der Waals surface area contributed by atoms with Gasteiger partial charge in [0.15, 0.2) is 0 Å². The van der Waals surface area contributed by atoms with E-state index in [2.05, 4.69) is 9.97 Å². The average Bonchev–Trinajstić information content (AvgIpc) is 2.89. The van der Waals surface area contributed by atoms with Gasteiger partial charge in [0.05, 0.1) is 5.56 Å². The lowest BCUT2D eigenvalue weighted by atomic mass is 10.1. The maximum atomic E-state index is 13.7. The van der Waals surface area contributed by atoms with Gasteiger partial charge in [0.25, 0.3) is 0 Å². The molecule has 0 aliphatic heterocycles. The highest BCUT2D eigenvalue weighted by atomic mass is 19.1. The van der Waals surface area contributed by atoms with Crippen LogP contribution < -0.4 is 0 Å². The molecule has 2 heterocycles. The van der Waals surface area contributed by atoms with Crippen molar-refractivity contribution in [2.75, 3.05) is 0 Å². The zero-order valence-electron chi connectivity index (χ0n) is 10.3. The first kappa shape index (κ1) is 11.6. The van der Waals surface area contributed by atoms with Crippen LogP contribution in [0.25, 0.3) is 22.7 Å². The molecule has 2 aromatic heterocycles. The number of hydrogen-bond donors (Lipinski definition) is 0. The van der Waals surface area contributed by atoms with Gasteiger partial charge in [0.1, 0.15) is 17.8 Å². The number of rotatable bonds is 2. The number of aryl methyl sites for hydroxylation is 1. The van der Waals surface area contributed by atoms with Gasteiger partial charge in [-0.2, -0.15) is 0 Å². The van der Waals surface area contributed by atoms with Crippen LogP contribution in [0.1, 0.15) is 5.56 Å². The predicted octanol–water partition coefficient (Wildman–Crippen LogP) is 3.85. The summed E-state index contributed by atoms with van der Waals surface area (Å²) in [5.74, 6) is 0.133. The third-order valence-corrected chi connectivity index (χ3v) is 2.92. The van der Waals surface area contributed by atoms with Crippen LogP contribution in [0, 0.1) is 12.7 Å². The molecule has 0 atom stereocenters. The van der Waals surface area contributed by atoms with Crippen molar-refractivity contribution < 1.29 is 8.81 Å². The minimum absolute atomic E-state index is 0.315. The minimum Gasteiger partial charge on any atom is -0.444 e. The Morgan fingerprint density at radius 1 is 1.11 bits per heavy atom. The van der Waals surface area contributed by atoms with Gasteiger partial charge in [-0.25, -0.2) is 9.37 Å². The van der Waals surface area contributed by atoms with Crippen molar-refractivity contribution in [1.82, 2.24) is 9.97 Å². The van der Waals surface area contributed by atoms with Gasteiger partial charge >= 0.3 is 0 Å². The molecule has 0 amide bonds. The van der Waals surface area contributed by atoms with Crippen molar-refractivity contribution in [3.63, 3.8) is 0 Å². The summed E-state index contributed by atoms with van der Waals surface area (Å²) in [5, 5.41) is 0. The SMILES string of the molecule is Cc1ccncc1-c1nc(-c2ccccc2F)co1. The van der Waals surface area contributed by atoms with Gasteiger partial charge in [0.2, 0.25) is 5.89 Å². The summed E-state index contributed by atoms with van der Waals surface area (Å²) in [4.78, 5) is 8.37. The van der Waals surface area contributed by atoms with E-state index < -0.39 is 0 Å². The first-order chi connectivity index (χ1) is 9.25. The van der Waals surface area contributed by atoms with E-state index in [1.54, 1.807) is 30.6 Å². The molecule has 0 bridgehead atoms. The van der Waals surface area contributed by atoms with E-state index in [0.29, 0.717) is 17.1 Å². The Kier molecular flexibility index (Phi) is 2.83. The monoisotopic (exact) mass is 254 g/mol. The molecular weight excluding hydrogens is 243 g/mol. The summed E-state index contributed by atoms with van der Waals surface area (Å²) in [6.07, 6.45) is 4.85. The number of hydrogen-bond acceptors (Lipinski definition) is 3. The van der Waals surface area contributed by atoms with Crippen LogP contribution in [0.15, 0.2) is 53.4 Å². The van der Waals surface area contributed by atoms with E-state index >= 15 is 0 Å². The fraction of sp³-hybridized carbons (Fsp3) is 0.0667. The Bertz CT molecular complexity index is 661. The van der Waals surface area contributed by atoms with E-state index in [-0.39, 0.29) is 5.82 Å².